The van der Waals surface area contributed by atoms with Crippen LogP contribution in [0.5, 0.6) is 11.5 Å². The molecule has 0 aliphatic rings. The summed E-state index contributed by atoms with van der Waals surface area (Å²) in [7, 11) is 1.59. The van der Waals surface area contributed by atoms with Gasteiger partial charge in [0.2, 0.25) is 0 Å². The number of nitrogens with zero attached hydrogens (tertiary/aromatic N) is 1. The first kappa shape index (κ1) is 24.7. The first-order valence-corrected chi connectivity index (χ1v) is 10.9. The van der Waals surface area contributed by atoms with Gasteiger partial charge in [-0.3, -0.25) is 4.79 Å². The fourth-order valence-corrected chi connectivity index (χ4v) is 3.34. The molecule has 2 atom stereocenters. The molecule has 3 aromatic rings. The summed E-state index contributed by atoms with van der Waals surface area (Å²) in [5, 5.41) is 11.7. The second-order valence-electron chi connectivity index (χ2n) is 7.89. The van der Waals surface area contributed by atoms with Gasteiger partial charge in [-0.2, -0.15) is 0 Å². The highest BCUT2D eigenvalue weighted by Crippen LogP contribution is 2.26. The van der Waals surface area contributed by atoms with Gasteiger partial charge in [-0.1, -0.05) is 30.3 Å². The third-order valence-electron chi connectivity index (χ3n) is 4.84. The number of nitrogens with one attached hydrogen (secondary N) is 1. The van der Waals surface area contributed by atoms with E-state index >= 15 is 0 Å². The van der Waals surface area contributed by atoms with Crippen LogP contribution in [-0.4, -0.2) is 47.9 Å². The number of benzene rings is 2. The van der Waals surface area contributed by atoms with Crippen molar-refractivity contribution in [2.24, 2.45) is 0 Å². The Balaban J connectivity index is 1.79. The van der Waals surface area contributed by atoms with Crippen LogP contribution in [0.1, 0.15) is 40.1 Å². The van der Waals surface area contributed by atoms with E-state index in [-0.39, 0.29) is 23.6 Å². The predicted octanol–water partition coefficient (Wildman–Crippen LogP) is 4.46. The van der Waals surface area contributed by atoms with Crippen molar-refractivity contribution >= 4 is 17.7 Å². The number of methoxy groups -OCH3 is 1. The number of carboxylic acids is 1. The molecule has 8 heteroatoms. The molecular weight excluding hydrogens is 436 g/mol. The first-order chi connectivity index (χ1) is 16.3. The molecule has 0 aliphatic carbocycles. The van der Waals surface area contributed by atoms with E-state index in [1.54, 1.807) is 25.3 Å². The summed E-state index contributed by atoms with van der Waals surface area (Å²) in [6.45, 7) is 4.21. The molecule has 0 spiro atoms. The fourth-order valence-electron chi connectivity index (χ4n) is 3.34. The molecule has 2 N–H and O–H groups in total. The predicted molar refractivity (Wildman–Crippen MR) is 128 cm³/mol. The summed E-state index contributed by atoms with van der Waals surface area (Å²) in [6.07, 6.45) is 1.51. The SMILES string of the molecule is COC[C@@H](C)Oc1cc(O[C@H](C)Cc2ccccc2)cc(C(=O)Nc2ccc(C(=O)O)cn2)c1. The Morgan fingerprint density at radius 2 is 1.62 bits per heavy atom. The van der Waals surface area contributed by atoms with E-state index < -0.39 is 11.9 Å². The topological polar surface area (TPSA) is 107 Å². The van der Waals surface area contributed by atoms with E-state index in [1.807, 2.05) is 44.2 Å². The monoisotopic (exact) mass is 464 g/mol. The molecule has 0 saturated heterocycles. The Morgan fingerprint density at radius 1 is 0.941 bits per heavy atom. The van der Waals surface area contributed by atoms with E-state index in [2.05, 4.69) is 10.3 Å². The van der Waals surface area contributed by atoms with Crippen LogP contribution in [-0.2, 0) is 11.2 Å². The van der Waals surface area contributed by atoms with E-state index in [9.17, 15) is 9.59 Å². The molecule has 0 radical (unpaired) electrons. The third-order valence-corrected chi connectivity index (χ3v) is 4.84. The van der Waals surface area contributed by atoms with Crippen LogP contribution in [0.3, 0.4) is 0 Å². The number of carbonyl (C=O) groups is 2. The molecule has 0 unspecified atom stereocenters. The minimum Gasteiger partial charge on any atom is -0.490 e. The Labute approximate surface area is 198 Å². The lowest BCUT2D eigenvalue weighted by molar-refractivity contribution is 0.0696. The standard InChI is InChI=1S/C26H28N2O6/c1-17(11-19-7-5-4-6-8-19)33-22-12-21(13-23(14-22)34-18(2)16-32-3)25(29)28-24-10-9-20(15-27-24)26(30)31/h4-10,12-15,17-18H,11,16H2,1-3H3,(H,30,31)(H,27,28,29)/t17-,18-/m1/s1. The highest BCUT2D eigenvalue weighted by molar-refractivity contribution is 6.04. The van der Waals surface area contributed by atoms with Crippen molar-refractivity contribution in [3.8, 4) is 11.5 Å². The highest BCUT2D eigenvalue weighted by atomic mass is 16.5. The maximum atomic E-state index is 12.9. The molecular formula is C26H28N2O6. The largest absolute Gasteiger partial charge is 0.490 e. The molecule has 0 fully saturated rings. The van der Waals surface area contributed by atoms with Crippen LogP contribution in [0.15, 0.2) is 66.9 Å². The second-order valence-corrected chi connectivity index (χ2v) is 7.89. The van der Waals surface area contributed by atoms with Gasteiger partial charge in [-0.05, 0) is 43.7 Å². The molecule has 3 rings (SSSR count). The Hall–Kier alpha value is -3.91. The minimum absolute atomic E-state index is 0.0311. The lowest BCUT2D eigenvalue weighted by atomic mass is 10.1. The first-order valence-electron chi connectivity index (χ1n) is 10.9. The van der Waals surface area contributed by atoms with Gasteiger partial charge in [0.25, 0.3) is 5.91 Å². The molecule has 8 nitrogen and oxygen atoms in total. The number of hydrogen-bond donors (Lipinski definition) is 2. The molecule has 1 amide bonds. The van der Waals surface area contributed by atoms with E-state index in [1.165, 1.54) is 18.3 Å². The number of aromatic carboxylic acids is 1. The summed E-state index contributed by atoms with van der Waals surface area (Å²) >= 11 is 0. The van der Waals surface area contributed by atoms with Gasteiger partial charge in [-0.25, -0.2) is 9.78 Å². The second kappa shape index (κ2) is 11.8. The van der Waals surface area contributed by atoms with Crippen LogP contribution in [0.4, 0.5) is 5.82 Å². The zero-order valence-electron chi connectivity index (χ0n) is 19.4. The lowest BCUT2D eigenvalue weighted by Gasteiger charge is -2.19. The van der Waals surface area contributed by atoms with Gasteiger partial charge in [0.15, 0.2) is 0 Å². The molecule has 1 aromatic heterocycles. The number of amides is 1. The molecule has 0 saturated carbocycles. The Morgan fingerprint density at radius 3 is 2.21 bits per heavy atom. The zero-order chi connectivity index (χ0) is 24.5. The number of hydrogen-bond acceptors (Lipinski definition) is 6. The number of anilines is 1. The molecule has 34 heavy (non-hydrogen) atoms. The fraction of sp³-hybridized carbons (Fsp3) is 0.269. The molecule has 0 bridgehead atoms. The van der Waals surface area contributed by atoms with Crippen molar-refractivity contribution in [3.63, 3.8) is 0 Å². The summed E-state index contributed by atoms with van der Waals surface area (Å²) in [5.74, 6) is -0.333. The molecule has 0 aliphatic heterocycles. The van der Waals surface area contributed by atoms with E-state index in [4.69, 9.17) is 19.3 Å². The zero-order valence-corrected chi connectivity index (χ0v) is 19.4. The summed E-state index contributed by atoms with van der Waals surface area (Å²) in [4.78, 5) is 27.9. The Bertz CT molecular complexity index is 1100. The van der Waals surface area contributed by atoms with E-state index in [0.29, 0.717) is 30.1 Å². The van der Waals surface area contributed by atoms with Gasteiger partial charge in [-0.15, -0.1) is 0 Å². The highest BCUT2D eigenvalue weighted by Gasteiger charge is 2.15. The lowest BCUT2D eigenvalue weighted by Crippen LogP contribution is -2.20. The van der Waals surface area contributed by atoms with Crippen molar-refractivity contribution in [3.05, 3.63) is 83.6 Å². The average Bonchev–Trinajstić information content (AvgIpc) is 2.80. The van der Waals surface area contributed by atoms with Crippen LogP contribution >= 0.6 is 0 Å². The summed E-state index contributed by atoms with van der Waals surface area (Å²) in [5.41, 5.74) is 1.49. The quantitative estimate of drug-likeness (QED) is 0.432. The van der Waals surface area contributed by atoms with Gasteiger partial charge < -0.3 is 24.6 Å². The van der Waals surface area contributed by atoms with Crippen LogP contribution in [0.25, 0.3) is 0 Å². The Kier molecular flexibility index (Phi) is 8.59. The van der Waals surface area contributed by atoms with Gasteiger partial charge in [0, 0.05) is 31.4 Å². The van der Waals surface area contributed by atoms with Crippen LogP contribution in [0.2, 0.25) is 0 Å². The van der Waals surface area contributed by atoms with Gasteiger partial charge in [0.1, 0.15) is 23.4 Å². The number of carboxylic acid groups (broad SMARTS) is 1. The van der Waals surface area contributed by atoms with Crippen molar-refractivity contribution in [2.45, 2.75) is 32.5 Å². The van der Waals surface area contributed by atoms with Gasteiger partial charge in [0.05, 0.1) is 18.3 Å². The van der Waals surface area contributed by atoms with Crippen molar-refractivity contribution in [1.82, 2.24) is 4.98 Å². The van der Waals surface area contributed by atoms with Crippen LogP contribution in [0, 0.1) is 0 Å². The number of carbonyl (C=O) groups excluding carboxylic acids is 1. The molecule has 2 aromatic carbocycles. The van der Waals surface area contributed by atoms with Gasteiger partial charge >= 0.3 is 5.97 Å². The summed E-state index contributed by atoms with van der Waals surface area (Å²) in [6, 6.07) is 17.8. The number of pyridine rings is 1. The number of aromatic nitrogens is 1. The maximum absolute atomic E-state index is 12.9. The normalized spacial score (nSPS) is 12.4. The smallest absolute Gasteiger partial charge is 0.337 e. The maximum Gasteiger partial charge on any atom is 0.337 e. The van der Waals surface area contributed by atoms with Crippen LogP contribution < -0.4 is 14.8 Å². The number of ether oxygens (including phenoxy) is 3. The minimum atomic E-state index is -1.09. The van der Waals surface area contributed by atoms with Crippen molar-refractivity contribution < 1.29 is 28.9 Å². The summed E-state index contributed by atoms with van der Waals surface area (Å²) < 4.78 is 17.2. The third kappa shape index (κ3) is 7.31. The average molecular weight is 465 g/mol. The van der Waals surface area contributed by atoms with Crippen molar-refractivity contribution in [1.29, 1.82) is 0 Å². The molecule has 1 heterocycles. The van der Waals surface area contributed by atoms with Crippen molar-refractivity contribution in [2.75, 3.05) is 19.0 Å². The molecule has 178 valence electrons. The van der Waals surface area contributed by atoms with E-state index in [0.717, 1.165) is 5.56 Å². The number of rotatable bonds is 11.